The van der Waals surface area contributed by atoms with Crippen molar-refractivity contribution in [2.24, 2.45) is 0 Å². The number of aromatic nitrogens is 2. The molecule has 0 radical (unpaired) electrons. The van der Waals surface area contributed by atoms with Crippen molar-refractivity contribution in [1.82, 2.24) is 15.5 Å². The van der Waals surface area contributed by atoms with Crippen molar-refractivity contribution in [2.75, 3.05) is 38.3 Å². The lowest BCUT2D eigenvalue weighted by Gasteiger charge is -2.21. The number of methoxy groups -OCH3 is 1. The molecule has 1 aromatic heterocycles. The first-order valence-electron chi connectivity index (χ1n) is 7.08. The van der Waals surface area contributed by atoms with Crippen molar-refractivity contribution >= 4 is 11.7 Å². The molecule has 6 nitrogen and oxygen atoms in total. The van der Waals surface area contributed by atoms with E-state index in [0.717, 1.165) is 31.7 Å². The third-order valence-electron chi connectivity index (χ3n) is 2.79. The number of rotatable bonds is 9. The van der Waals surface area contributed by atoms with Crippen molar-refractivity contribution in [3.05, 3.63) is 17.8 Å². The molecule has 0 atom stereocenters. The normalized spacial score (nSPS) is 10.3. The van der Waals surface area contributed by atoms with Crippen LogP contribution in [0.25, 0.3) is 0 Å². The molecule has 0 fully saturated rings. The fourth-order valence-corrected chi connectivity index (χ4v) is 1.85. The van der Waals surface area contributed by atoms with Crippen molar-refractivity contribution in [3.63, 3.8) is 0 Å². The molecule has 1 aromatic rings. The zero-order valence-corrected chi connectivity index (χ0v) is 12.6. The minimum Gasteiger partial charge on any atom is -0.383 e. The summed E-state index contributed by atoms with van der Waals surface area (Å²) in [5, 5.41) is 10.9. The first-order chi connectivity index (χ1) is 9.72. The van der Waals surface area contributed by atoms with Gasteiger partial charge in [0.05, 0.1) is 6.61 Å². The quantitative estimate of drug-likeness (QED) is 0.694. The largest absolute Gasteiger partial charge is 0.383 e. The van der Waals surface area contributed by atoms with Crippen LogP contribution in [0, 0.1) is 0 Å². The SMILES string of the molecule is CCCN(CCC)c1ccc(C(=O)NCCOC)nn1. The zero-order valence-electron chi connectivity index (χ0n) is 12.6. The minimum absolute atomic E-state index is 0.223. The standard InChI is InChI=1S/C14H24N4O2/c1-4-9-18(10-5-2)13-7-6-12(16-17-13)14(19)15-8-11-20-3/h6-7H,4-5,8-11H2,1-3H3,(H,15,19). The van der Waals surface area contributed by atoms with Crippen LogP contribution in [0.3, 0.4) is 0 Å². The Hall–Kier alpha value is -1.69. The molecule has 0 saturated heterocycles. The molecular formula is C14H24N4O2. The van der Waals surface area contributed by atoms with Crippen LogP contribution in [-0.4, -0.2) is 49.5 Å². The zero-order chi connectivity index (χ0) is 14.8. The molecule has 0 unspecified atom stereocenters. The predicted octanol–water partition coefficient (Wildman–Crippen LogP) is 1.48. The van der Waals surface area contributed by atoms with Gasteiger partial charge in [-0.15, -0.1) is 10.2 Å². The third-order valence-corrected chi connectivity index (χ3v) is 2.79. The highest BCUT2D eigenvalue weighted by Gasteiger charge is 2.10. The molecule has 0 spiro atoms. The summed E-state index contributed by atoms with van der Waals surface area (Å²) in [6.07, 6.45) is 2.11. The molecule has 0 aliphatic carbocycles. The second kappa shape index (κ2) is 9.25. The van der Waals surface area contributed by atoms with Crippen molar-refractivity contribution in [3.8, 4) is 0 Å². The van der Waals surface area contributed by atoms with Crippen molar-refractivity contribution in [1.29, 1.82) is 0 Å². The highest BCUT2D eigenvalue weighted by Crippen LogP contribution is 2.10. The molecular weight excluding hydrogens is 256 g/mol. The molecule has 1 amide bonds. The van der Waals surface area contributed by atoms with Gasteiger partial charge in [0.15, 0.2) is 11.5 Å². The second-order valence-corrected chi connectivity index (χ2v) is 4.51. The van der Waals surface area contributed by atoms with Crippen LogP contribution < -0.4 is 10.2 Å². The molecule has 1 rings (SSSR count). The second-order valence-electron chi connectivity index (χ2n) is 4.51. The molecule has 6 heteroatoms. The average Bonchev–Trinajstić information content (AvgIpc) is 2.47. The average molecular weight is 280 g/mol. The first-order valence-corrected chi connectivity index (χ1v) is 7.08. The molecule has 20 heavy (non-hydrogen) atoms. The molecule has 112 valence electrons. The highest BCUT2D eigenvalue weighted by atomic mass is 16.5. The van der Waals surface area contributed by atoms with E-state index in [1.807, 2.05) is 6.07 Å². The Bertz CT molecular complexity index is 389. The lowest BCUT2D eigenvalue weighted by Crippen LogP contribution is -2.29. The Morgan fingerprint density at radius 1 is 1.25 bits per heavy atom. The number of nitrogens with one attached hydrogen (secondary N) is 1. The summed E-state index contributed by atoms with van der Waals surface area (Å²) in [5.74, 6) is 0.598. The van der Waals surface area contributed by atoms with E-state index in [1.54, 1.807) is 13.2 Å². The number of ether oxygens (including phenoxy) is 1. The summed E-state index contributed by atoms with van der Waals surface area (Å²) in [4.78, 5) is 13.9. The van der Waals surface area contributed by atoms with E-state index in [4.69, 9.17) is 4.74 Å². The van der Waals surface area contributed by atoms with Gasteiger partial charge < -0.3 is 15.0 Å². The van der Waals surface area contributed by atoms with Crippen LogP contribution in [-0.2, 0) is 4.74 Å². The third kappa shape index (κ3) is 5.13. The van der Waals surface area contributed by atoms with Gasteiger partial charge in [-0.05, 0) is 25.0 Å². The van der Waals surface area contributed by atoms with E-state index < -0.39 is 0 Å². The van der Waals surface area contributed by atoms with E-state index >= 15 is 0 Å². The van der Waals surface area contributed by atoms with Crippen LogP contribution in [0.4, 0.5) is 5.82 Å². The van der Waals surface area contributed by atoms with E-state index in [2.05, 4.69) is 34.3 Å². The van der Waals surface area contributed by atoms with Gasteiger partial charge in [-0.1, -0.05) is 13.8 Å². The fourth-order valence-electron chi connectivity index (χ4n) is 1.85. The number of amides is 1. The van der Waals surface area contributed by atoms with Gasteiger partial charge in [0.2, 0.25) is 0 Å². The van der Waals surface area contributed by atoms with Crippen molar-refractivity contribution < 1.29 is 9.53 Å². The van der Waals surface area contributed by atoms with Gasteiger partial charge in [0.25, 0.3) is 5.91 Å². The topological polar surface area (TPSA) is 67.4 Å². The van der Waals surface area contributed by atoms with Crippen LogP contribution in [0.5, 0.6) is 0 Å². The Kier molecular flexibility index (Phi) is 7.57. The number of hydrogen-bond acceptors (Lipinski definition) is 5. The highest BCUT2D eigenvalue weighted by molar-refractivity contribution is 5.92. The first kappa shape index (κ1) is 16.4. The summed E-state index contributed by atoms with van der Waals surface area (Å²) < 4.78 is 4.88. The van der Waals surface area contributed by atoms with E-state index in [9.17, 15) is 4.79 Å². The van der Waals surface area contributed by atoms with Crippen LogP contribution in [0.2, 0.25) is 0 Å². The summed E-state index contributed by atoms with van der Waals surface area (Å²) in [5.41, 5.74) is 0.331. The minimum atomic E-state index is -0.223. The van der Waals surface area contributed by atoms with E-state index in [0.29, 0.717) is 18.8 Å². The molecule has 0 bridgehead atoms. The maximum absolute atomic E-state index is 11.8. The van der Waals surface area contributed by atoms with Crippen LogP contribution >= 0.6 is 0 Å². The number of nitrogens with zero attached hydrogens (tertiary/aromatic N) is 3. The van der Waals surface area contributed by atoms with Gasteiger partial charge in [-0.3, -0.25) is 4.79 Å². The fraction of sp³-hybridized carbons (Fsp3) is 0.643. The maximum Gasteiger partial charge on any atom is 0.271 e. The van der Waals surface area contributed by atoms with Gasteiger partial charge in [0.1, 0.15) is 0 Å². The molecule has 0 aliphatic rings. The summed E-state index contributed by atoms with van der Waals surface area (Å²) in [6.45, 7) is 7.11. The molecule has 0 aliphatic heterocycles. The number of carbonyl (C=O) groups is 1. The van der Waals surface area contributed by atoms with Gasteiger partial charge >= 0.3 is 0 Å². The lowest BCUT2D eigenvalue weighted by molar-refractivity contribution is 0.0931. The Morgan fingerprint density at radius 2 is 1.95 bits per heavy atom. The van der Waals surface area contributed by atoms with Crippen LogP contribution in [0.1, 0.15) is 37.2 Å². The Balaban J connectivity index is 2.64. The van der Waals surface area contributed by atoms with E-state index in [-0.39, 0.29) is 5.91 Å². The Morgan fingerprint density at radius 3 is 2.45 bits per heavy atom. The number of carbonyl (C=O) groups excluding carboxylic acids is 1. The van der Waals surface area contributed by atoms with E-state index in [1.165, 1.54) is 0 Å². The summed E-state index contributed by atoms with van der Waals surface area (Å²) in [6, 6.07) is 3.56. The van der Waals surface area contributed by atoms with Gasteiger partial charge in [-0.25, -0.2) is 0 Å². The number of hydrogen-bond donors (Lipinski definition) is 1. The predicted molar refractivity (Wildman–Crippen MR) is 79.0 cm³/mol. The molecule has 0 saturated carbocycles. The molecule has 0 aromatic carbocycles. The van der Waals surface area contributed by atoms with Gasteiger partial charge in [-0.2, -0.15) is 0 Å². The number of anilines is 1. The van der Waals surface area contributed by atoms with Crippen molar-refractivity contribution in [2.45, 2.75) is 26.7 Å². The monoisotopic (exact) mass is 280 g/mol. The summed E-state index contributed by atoms with van der Waals surface area (Å²) in [7, 11) is 1.59. The smallest absolute Gasteiger partial charge is 0.271 e. The van der Waals surface area contributed by atoms with Crippen LogP contribution in [0.15, 0.2) is 12.1 Å². The molecule has 1 heterocycles. The lowest BCUT2D eigenvalue weighted by atomic mass is 10.3. The molecule has 1 N–H and O–H groups in total. The summed E-state index contributed by atoms with van der Waals surface area (Å²) >= 11 is 0. The van der Waals surface area contributed by atoms with Gasteiger partial charge in [0, 0.05) is 26.7 Å². The Labute approximate surface area is 120 Å². The maximum atomic E-state index is 11.8.